The fraction of sp³-hybridized carbons (Fsp3) is 0.438. The lowest BCUT2D eigenvalue weighted by Crippen LogP contribution is -2.07. The van der Waals surface area contributed by atoms with Gasteiger partial charge in [0, 0.05) is 12.1 Å². The van der Waals surface area contributed by atoms with Gasteiger partial charge >= 0.3 is 0 Å². The lowest BCUT2D eigenvalue weighted by Gasteiger charge is -2.10. The number of hydrogen-bond acceptors (Lipinski definition) is 3. The molecule has 2 heterocycles. The van der Waals surface area contributed by atoms with Gasteiger partial charge < -0.3 is 10.1 Å². The fourth-order valence-corrected chi connectivity index (χ4v) is 2.78. The number of benzene rings is 1. The number of rotatable bonds is 4. The van der Waals surface area contributed by atoms with Crippen molar-refractivity contribution in [3.63, 3.8) is 0 Å². The van der Waals surface area contributed by atoms with E-state index in [1.807, 2.05) is 28.9 Å². The minimum absolute atomic E-state index is 0.612. The number of hydrogen-bond donors (Lipinski definition) is 1. The van der Waals surface area contributed by atoms with E-state index in [1.54, 1.807) is 7.11 Å². The summed E-state index contributed by atoms with van der Waals surface area (Å²) in [6.45, 7) is 5.46. The van der Waals surface area contributed by atoms with Crippen molar-refractivity contribution in [1.29, 1.82) is 0 Å². The summed E-state index contributed by atoms with van der Waals surface area (Å²) in [6.07, 6.45) is 2.08. The highest BCUT2D eigenvalue weighted by Gasteiger charge is 2.24. The summed E-state index contributed by atoms with van der Waals surface area (Å²) in [7, 11) is 1.70. The van der Waals surface area contributed by atoms with Gasteiger partial charge in [0.25, 0.3) is 0 Å². The van der Waals surface area contributed by atoms with Crippen LogP contribution in [0.25, 0.3) is 5.69 Å². The van der Waals surface area contributed by atoms with Crippen LogP contribution in [0.5, 0.6) is 5.75 Å². The van der Waals surface area contributed by atoms with Crippen LogP contribution in [0, 0.1) is 5.92 Å². The molecule has 0 atom stereocenters. The molecule has 1 aliphatic rings. The van der Waals surface area contributed by atoms with Crippen LogP contribution in [0.4, 0.5) is 5.82 Å². The Morgan fingerprint density at radius 3 is 2.90 bits per heavy atom. The summed E-state index contributed by atoms with van der Waals surface area (Å²) in [5, 5.41) is 8.28. The van der Waals surface area contributed by atoms with Crippen molar-refractivity contribution in [2.75, 3.05) is 19.0 Å². The number of methoxy groups -OCH3 is 1. The van der Waals surface area contributed by atoms with Crippen LogP contribution < -0.4 is 10.1 Å². The van der Waals surface area contributed by atoms with Gasteiger partial charge in [0.1, 0.15) is 17.3 Å². The highest BCUT2D eigenvalue weighted by molar-refractivity contribution is 5.60. The molecule has 2 aromatic rings. The zero-order valence-electron chi connectivity index (χ0n) is 12.3. The minimum Gasteiger partial charge on any atom is -0.494 e. The van der Waals surface area contributed by atoms with Gasteiger partial charge in [-0.25, -0.2) is 4.68 Å². The SMILES string of the molecule is COc1ccccc1-n1nc(CC(C)C)c2c1NCC2. The van der Waals surface area contributed by atoms with Crippen LogP contribution >= 0.6 is 0 Å². The van der Waals surface area contributed by atoms with Crippen LogP contribution in [-0.4, -0.2) is 23.4 Å². The summed E-state index contributed by atoms with van der Waals surface area (Å²) < 4.78 is 7.46. The molecule has 0 saturated heterocycles. The molecule has 1 aromatic carbocycles. The van der Waals surface area contributed by atoms with Crippen molar-refractivity contribution in [1.82, 2.24) is 9.78 Å². The second kappa shape index (κ2) is 5.19. The molecule has 0 unspecified atom stereocenters. The van der Waals surface area contributed by atoms with Crippen LogP contribution in [0.2, 0.25) is 0 Å². The maximum absolute atomic E-state index is 5.46. The van der Waals surface area contributed by atoms with Crippen molar-refractivity contribution in [2.45, 2.75) is 26.7 Å². The van der Waals surface area contributed by atoms with Gasteiger partial charge in [0.2, 0.25) is 0 Å². The Morgan fingerprint density at radius 1 is 1.35 bits per heavy atom. The van der Waals surface area contributed by atoms with E-state index in [2.05, 4.69) is 19.2 Å². The topological polar surface area (TPSA) is 39.1 Å². The van der Waals surface area contributed by atoms with Crippen molar-refractivity contribution in [3.05, 3.63) is 35.5 Å². The second-order valence-electron chi connectivity index (χ2n) is 5.63. The number of nitrogens with zero attached hydrogens (tertiary/aromatic N) is 2. The first kappa shape index (κ1) is 13.0. The van der Waals surface area contributed by atoms with Crippen molar-refractivity contribution >= 4 is 5.82 Å². The van der Waals surface area contributed by atoms with E-state index in [4.69, 9.17) is 9.84 Å². The predicted octanol–water partition coefficient (Wildman–Crippen LogP) is 3.05. The van der Waals surface area contributed by atoms with Gasteiger partial charge in [-0.1, -0.05) is 26.0 Å². The average Bonchev–Trinajstić information content (AvgIpc) is 3.02. The monoisotopic (exact) mass is 271 g/mol. The van der Waals surface area contributed by atoms with Crippen LogP contribution in [0.1, 0.15) is 25.1 Å². The van der Waals surface area contributed by atoms with Gasteiger partial charge in [-0.3, -0.25) is 0 Å². The van der Waals surface area contributed by atoms with Crippen molar-refractivity contribution in [3.8, 4) is 11.4 Å². The van der Waals surface area contributed by atoms with E-state index in [-0.39, 0.29) is 0 Å². The number of nitrogens with one attached hydrogen (secondary N) is 1. The van der Waals surface area contributed by atoms with Crippen molar-refractivity contribution in [2.24, 2.45) is 5.92 Å². The molecule has 0 fully saturated rings. The third kappa shape index (κ3) is 2.15. The first-order valence-corrected chi connectivity index (χ1v) is 7.18. The molecule has 0 bridgehead atoms. The zero-order valence-corrected chi connectivity index (χ0v) is 12.3. The number of ether oxygens (including phenoxy) is 1. The molecule has 1 aromatic heterocycles. The number of fused-ring (bicyclic) bond motifs is 1. The molecule has 20 heavy (non-hydrogen) atoms. The van der Waals surface area contributed by atoms with Crippen LogP contribution in [-0.2, 0) is 12.8 Å². The molecule has 3 rings (SSSR count). The van der Waals surface area contributed by atoms with Gasteiger partial charge in [-0.2, -0.15) is 5.10 Å². The standard InChI is InChI=1S/C16H21N3O/c1-11(2)10-13-12-8-9-17-16(12)19(18-13)14-6-4-5-7-15(14)20-3/h4-7,11,17H,8-10H2,1-3H3. The Hall–Kier alpha value is -1.97. The fourth-order valence-electron chi connectivity index (χ4n) is 2.78. The lowest BCUT2D eigenvalue weighted by atomic mass is 10.0. The molecule has 106 valence electrons. The van der Waals surface area contributed by atoms with Crippen molar-refractivity contribution < 1.29 is 4.74 Å². The number of aromatic nitrogens is 2. The van der Waals surface area contributed by atoms with E-state index in [0.29, 0.717) is 5.92 Å². The summed E-state index contributed by atoms with van der Waals surface area (Å²) >= 11 is 0. The predicted molar refractivity (Wildman–Crippen MR) is 80.9 cm³/mol. The summed E-state index contributed by atoms with van der Waals surface area (Å²) in [5.41, 5.74) is 3.58. The normalized spacial score (nSPS) is 13.4. The van der Waals surface area contributed by atoms with E-state index >= 15 is 0 Å². The second-order valence-corrected chi connectivity index (χ2v) is 5.63. The van der Waals surface area contributed by atoms with Gasteiger partial charge in [0.15, 0.2) is 0 Å². The van der Waals surface area contributed by atoms with Gasteiger partial charge in [-0.05, 0) is 30.9 Å². The Labute approximate surface area is 119 Å². The Morgan fingerprint density at radius 2 is 2.15 bits per heavy atom. The molecule has 1 N–H and O–H groups in total. The largest absolute Gasteiger partial charge is 0.494 e. The maximum atomic E-state index is 5.46. The molecular formula is C16H21N3O. The highest BCUT2D eigenvalue weighted by Crippen LogP contribution is 2.32. The number of para-hydroxylation sites is 2. The van der Waals surface area contributed by atoms with E-state index in [0.717, 1.165) is 36.6 Å². The quantitative estimate of drug-likeness (QED) is 0.929. The Kier molecular flexibility index (Phi) is 3.38. The Bertz CT molecular complexity index is 616. The van der Waals surface area contributed by atoms with E-state index < -0.39 is 0 Å². The number of anilines is 1. The summed E-state index contributed by atoms with van der Waals surface area (Å²) in [4.78, 5) is 0. The molecule has 0 amide bonds. The van der Waals surface area contributed by atoms with Crippen LogP contribution in [0.3, 0.4) is 0 Å². The lowest BCUT2D eigenvalue weighted by molar-refractivity contribution is 0.411. The zero-order chi connectivity index (χ0) is 14.1. The molecule has 0 aliphatic carbocycles. The van der Waals surface area contributed by atoms with Crippen LogP contribution in [0.15, 0.2) is 24.3 Å². The Balaban J connectivity index is 2.10. The molecule has 0 radical (unpaired) electrons. The van der Waals surface area contributed by atoms with E-state index in [9.17, 15) is 0 Å². The summed E-state index contributed by atoms with van der Waals surface area (Å²) in [6, 6.07) is 8.02. The highest BCUT2D eigenvalue weighted by atomic mass is 16.5. The first-order chi connectivity index (χ1) is 9.70. The third-order valence-corrected chi connectivity index (χ3v) is 3.65. The molecule has 4 heteroatoms. The molecule has 0 spiro atoms. The van der Waals surface area contributed by atoms with Gasteiger partial charge in [0.05, 0.1) is 12.8 Å². The average molecular weight is 271 g/mol. The molecule has 1 aliphatic heterocycles. The maximum Gasteiger partial charge on any atom is 0.144 e. The summed E-state index contributed by atoms with van der Waals surface area (Å²) in [5.74, 6) is 2.59. The third-order valence-electron chi connectivity index (χ3n) is 3.65. The molecular weight excluding hydrogens is 250 g/mol. The smallest absolute Gasteiger partial charge is 0.144 e. The molecule has 0 saturated carbocycles. The minimum atomic E-state index is 0.612. The molecule has 4 nitrogen and oxygen atoms in total. The van der Waals surface area contributed by atoms with Gasteiger partial charge in [-0.15, -0.1) is 0 Å². The first-order valence-electron chi connectivity index (χ1n) is 7.18. The van der Waals surface area contributed by atoms with E-state index in [1.165, 1.54) is 11.3 Å².